The van der Waals surface area contributed by atoms with Crippen molar-refractivity contribution in [3.05, 3.63) is 29.3 Å². The molecule has 0 amide bonds. The molecule has 118 valence electrons. The molecule has 0 saturated heterocycles. The molecule has 1 nitrogen and oxygen atoms in total. The number of fused-ring (bicyclic) bond motifs is 3. The van der Waals surface area contributed by atoms with Crippen molar-refractivity contribution in [2.24, 2.45) is 17.8 Å². The lowest BCUT2D eigenvalue weighted by Crippen LogP contribution is -2.21. The first kappa shape index (κ1) is 15.8. The Morgan fingerprint density at radius 1 is 1.14 bits per heavy atom. The summed E-state index contributed by atoms with van der Waals surface area (Å²) in [5.41, 5.74) is 2.87. The number of aryl methyl sites for hydroxylation is 1. The lowest BCUT2D eigenvalue weighted by Gasteiger charge is -2.34. The molecule has 2 heteroatoms. The Morgan fingerprint density at radius 3 is 2.82 bits per heavy atom. The Labute approximate surface area is 139 Å². The highest BCUT2D eigenvalue weighted by Gasteiger charge is 2.31. The Balaban J connectivity index is 1.84. The zero-order chi connectivity index (χ0) is 15.5. The zero-order valence-electron chi connectivity index (χ0n) is 13.4. The minimum Gasteiger partial charge on any atom is -0.508 e. The van der Waals surface area contributed by atoms with Crippen molar-refractivity contribution in [1.82, 2.24) is 0 Å². The van der Waals surface area contributed by atoms with Gasteiger partial charge in [0.25, 0.3) is 0 Å². The maximum Gasteiger partial charge on any atom is 0.115 e. The summed E-state index contributed by atoms with van der Waals surface area (Å²) in [4.78, 5) is 0. The monoisotopic (exact) mass is 314 g/mol. The van der Waals surface area contributed by atoms with Crippen LogP contribution in [-0.2, 0) is 6.42 Å². The van der Waals surface area contributed by atoms with Gasteiger partial charge in [0.05, 0.1) is 0 Å². The van der Waals surface area contributed by atoms with Crippen LogP contribution in [0, 0.1) is 28.9 Å². The van der Waals surface area contributed by atoms with Crippen molar-refractivity contribution >= 4 is 12.6 Å². The van der Waals surface area contributed by atoms with Gasteiger partial charge in [-0.05, 0) is 84.8 Å². The third kappa shape index (κ3) is 3.30. The van der Waals surface area contributed by atoms with Crippen LogP contribution in [0.2, 0.25) is 0 Å². The lowest BCUT2D eigenvalue weighted by atomic mass is 9.71. The number of benzene rings is 1. The fraction of sp³-hybridized carbons (Fsp3) is 0.600. The predicted molar refractivity (Wildman–Crippen MR) is 95.2 cm³/mol. The molecule has 0 bridgehead atoms. The summed E-state index contributed by atoms with van der Waals surface area (Å²) in [6.07, 6.45) is 8.73. The van der Waals surface area contributed by atoms with E-state index in [4.69, 9.17) is 0 Å². The van der Waals surface area contributed by atoms with Crippen molar-refractivity contribution in [1.29, 1.82) is 0 Å². The molecule has 0 radical (unpaired) electrons. The minimum atomic E-state index is 0.415. The molecule has 2 aliphatic carbocycles. The van der Waals surface area contributed by atoms with E-state index >= 15 is 0 Å². The molecule has 1 aromatic carbocycles. The first-order valence-corrected chi connectivity index (χ1v) is 9.10. The largest absolute Gasteiger partial charge is 0.508 e. The van der Waals surface area contributed by atoms with Gasteiger partial charge in [-0.3, -0.25) is 0 Å². The second-order valence-electron chi connectivity index (χ2n) is 7.14. The molecule has 22 heavy (non-hydrogen) atoms. The predicted octanol–water partition coefficient (Wildman–Crippen LogP) is 5.15. The number of phenols is 1. The van der Waals surface area contributed by atoms with E-state index in [1.807, 2.05) is 12.1 Å². The summed E-state index contributed by atoms with van der Waals surface area (Å²) in [5.74, 6) is 6.39. The van der Waals surface area contributed by atoms with E-state index in [9.17, 15) is 5.11 Å². The fourth-order valence-electron chi connectivity index (χ4n) is 4.53. The third-order valence-electron chi connectivity index (χ3n) is 5.84. The average molecular weight is 314 g/mol. The third-order valence-corrected chi connectivity index (χ3v) is 5.97. The average Bonchev–Trinajstić information content (AvgIpc) is 2.58. The molecule has 0 aliphatic heterocycles. The maximum absolute atomic E-state index is 9.74. The second kappa shape index (κ2) is 7.01. The molecule has 0 spiro atoms. The van der Waals surface area contributed by atoms with Gasteiger partial charge in [0, 0.05) is 5.92 Å². The van der Waals surface area contributed by atoms with Crippen LogP contribution >= 0.6 is 12.6 Å². The van der Waals surface area contributed by atoms with E-state index in [1.54, 1.807) is 0 Å². The molecule has 0 aromatic heterocycles. The number of thiol groups is 1. The first-order chi connectivity index (χ1) is 10.7. The summed E-state index contributed by atoms with van der Waals surface area (Å²) in [6, 6.07) is 6.03. The Bertz CT molecular complexity index is 583. The molecule has 3 rings (SSSR count). The topological polar surface area (TPSA) is 20.2 Å². The van der Waals surface area contributed by atoms with Gasteiger partial charge in [0.2, 0.25) is 0 Å². The van der Waals surface area contributed by atoms with Gasteiger partial charge >= 0.3 is 0 Å². The molecule has 4 atom stereocenters. The second-order valence-corrected chi connectivity index (χ2v) is 7.36. The van der Waals surface area contributed by atoms with Crippen LogP contribution in [0.4, 0.5) is 0 Å². The maximum atomic E-state index is 9.74. The van der Waals surface area contributed by atoms with Gasteiger partial charge < -0.3 is 5.11 Å². The van der Waals surface area contributed by atoms with Crippen LogP contribution in [0.1, 0.15) is 62.5 Å². The molecule has 4 unspecified atom stereocenters. The van der Waals surface area contributed by atoms with Crippen LogP contribution in [0.3, 0.4) is 0 Å². The molecule has 1 aromatic rings. The number of rotatable bonds is 0. The molecule has 2 aliphatic rings. The fourth-order valence-corrected chi connectivity index (χ4v) is 4.69. The van der Waals surface area contributed by atoms with E-state index in [0.717, 1.165) is 12.3 Å². The van der Waals surface area contributed by atoms with Crippen molar-refractivity contribution in [2.75, 3.05) is 0 Å². The number of hydrogen-bond donors (Lipinski definition) is 2. The van der Waals surface area contributed by atoms with Crippen LogP contribution < -0.4 is 0 Å². The van der Waals surface area contributed by atoms with Gasteiger partial charge in [-0.2, -0.15) is 0 Å². The van der Waals surface area contributed by atoms with Crippen LogP contribution in [-0.4, -0.2) is 5.11 Å². The van der Waals surface area contributed by atoms with Gasteiger partial charge in [-0.1, -0.05) is 38.0 Å². The highest BCUT2D eigenvalue weighted by molar-refractivity contribution is 7.85. The van der Waals surface area contributed by atoms with Crippen LogP contribution in [0.15, 0.2) is 18.2 Å². The Morgan fingerprint density at radius 2 is 2.00 bits per heavy atom. The molecule has 0 heterocycles. The zero-order valence-corrected chi connectivity index (χ0v) is 14.3. The Kier molecular flexibility index (Phi) is 5.03. The molecule has 1 saturated carbocycles. The summed E-state index contributed by atoms with van der Waals surface area (Å²) >= 11 is 4.10. The summed E-state index contributed by atoms with van der Waals surface area (Å²) < 4.78 is 0. The SMILES string of the molecule is CC1CCC2c3ccc(O)cc3CCC2CCCC1C#CS. The van der Waals surface area contributed by atoms with Gasteiger partial charge in [-0.25, -0.2) is 0 Å². The lowest BCUT2D eigenvalue weighted by molar-refractivity contribution is 0.322. The number of aromatic hydroxyl groups is 1. The number of phenolic OH excluding ortho intramolecular Hbond substituents is 1. The van der Waals surface area contributed by atoms with Gasteiger partial charge in [0.15, 0.2) is 0 Å². The van der Waals surface area contributed by atoms with Crippen molar-refractivity contribution < 1.29 is 5.11 Å². The van der Waals surface area contributed by atoms with Crippen molar-refractivity contribution in [3.8, 4) is 16.9 Å². The Hall–Kier alpha value is -1.07. The summed E-state index contributed by atoms with van der Waals surface area (Å²) in [5, 5.41) is 12.6. The quantitative estimate of drug-likeness (QED) is 0.501. The van der Waals surface area contributed by atoms with E-state index in [0.29, 0.717) is 23.5 Å². The van der Waals surface area contributed by atoms with E-state index in [1.165, 1.54) is 49.7 Å². The van der Waals surface area contributed by atoms with Crippen molar-refractivity contribution in [3.63, 3.8) is 0 Å². The van der Waals surface area contributed by atoms with Gasteiger partial charge in [0.1, 0.15) is 5.75 Å². The smallest absolute Gasteiger partial charge is 0.115 e. The number of hydrogen-bond acceptors (Lipinski definition) is 2. The van der Waals surface area contributed by atoms with Crippen molar-refractivity contribution in [2.45, 2.75) is 57.8 Å². The minimum absolute atomic E-state index is 0.415. The highest BCUT2D eigenvalue weighted by atomic mass is 32.1. The van der Waals surface area contributed by atoms with E-state index < -0.39 is 0 Å². The molecule has 1 fully saturated rings. The van der Waals surface area contributed by atoms with E-state index in [-0.39, 0.29) is 0 Å². The standard InChI is InChI=1S/C20H26OS/c1-14-5-9-19-16(4-2-3-15(14)11-12-22)6-7-17-13-18(21)8-10-20(17)19/h8,10,13-16,19,21-22H,2-7,9H2,1H3. The highest BCUT2D eigenvalue weighted by Crippen LogP contribution is 2.45. The van der Waals surface area contributed by atoms with Crippen LogP contribution in [0.25, 0.3) is 0 Å². The summed E-state index contributed by atoms with van der Waals surface area (Å²) in [7, 11) is 0. The first-order valence-electron chi connectivity index (χ1n) is 8.65. The van der Waals surface area contributed by atoms with Gasteiger partial charge in [-0.15, -0.1) is 0 Å². The molecular weight excluding hydrogens is 288 g/mol. The summed E-state index contributed by atoms with van der Waals surface area (Å²) in [6.45, 7) is 2.35. The van der Waals surface area contributed by atoms with E-state index in [2.05, 4.69) is 36.8 Å². The normalized spacial score (nSPS) is 31.5. The molecular formula is C20H26OS. The molecule has 1 N–H and O–H groups in total. The van der Waals surface area contributed by atoms with Crippen LogP contribution in [0.5, 0.6) is 5.75 Å².